The summed E-state index contributed by atoms with van der Waals surface area (Å²) in [6.45, 7) is 0. The summed E-state index contributed by atoms with van der Waals surface area (Å²) >= 11 is 6.45. The summed E-state index contributed by atoms with van der Waals surface area (Å²) in [5.74, 6) is 0. The molecule has 2 aromatic heterocycles. The van der Waals surface area contributed by atoms with Crippen LogP contribution in [-0.4, -0.2) is 5.11 Å². The van der Waals surface area contributed by atoms with Crippen molar-refractivity contribution >= 4 is 48.0 Å². The van der Waals surface area contributed by atoms with E-state index in [0.717, 1.165) is 9.86 Å². The molecule has 10 heavy (non-hydrogen) atoms. The monoisotopic (exact) mass is 234 g/mol. The Morgan fingerprint density at radius 3 is 3.00 bits per heavy atom. The van der Waals surface area contributed by atoms with Crippen molar-refractivity contribution in [2.45, 2.75) is 0 Å². The van der Waals surface area contributed by atoms with Crippen LogP contribution in [0.25, 0.3) is 9.40 Å². The Hall–Kier alpha value is -0.0600. The van der Waals surface area contributed by atoms with Crippen LogP contribution in [0.3, 0.4) is 0 Å². The van der Waals surface area contributed by atoms with Crippen molar-refractivity contribution in [3.63, 3.8) is 0 Å². The number of rotatable bonds is 0. The topological polar surface area (TPSA) is 20.2 Å². The van der Waals surface area contributed by atoms with E-state index in [1.165, 1.54) is 15.4 Å². The standard InChI is InChI=1S/C6H3BrOS2/c7-4-2-9-6-3(4)1-5(8)10-6/h1-2,8H. The zero-order chi connectivity index (χ0) is 7.14. The van der Waals surface area contributed by atoms with Crippen LogP contribution in [0.1, 0.15) is 0 Å². The lowest BCUT2D eigenvalue weighted by Gasteiger charge is -1.75. The van der Waals surface area contributed by atoms with Gasteiger partial charge < -0.3 is 5.11 Å². The van der Waals surface area contributed by atoms with Crippen LogP contribution in [-0.2, 0) is 0 Å². The third kappa shape index (κ3) is 0.872. The Morgan fingerprint density at radius 2 is 2.30 bits per heavy atom. The van der Waals surface area contributed by atoms with Gasteiger partial charge in [-0.1, -0.05) is 11.3 Å². The van der Waals surface area contributed by atoms with Crippen LogP contribution in [0, 0.1) is 0 Å². The highest BCUT2D eigenvalue weighted by atomic mass is 79.9. The second-order valence-corrected chi connectivity index (χ2v) is 4.89. The molecule has 0 saturated heterocycles. The van der Waals surface area contributed by atoms with Gasteiger partial charge in [0.1, 0.15) is 0 Å². The maximum atomic E-state index is 9.07. The molecule has 0 aliphatic rings. The Balaban J connectivity index is 2.90. The summed E-state index contributed by atoms with van der Waals surface area (Å²) < 4.78 is 2.24. The average molecular weight is 235 g/mol. The van der Waals surface area contributed by atoms with Gasteiger partial charge in [0.25, 0.3) is 0 Å². The molecular formula is C6H3BrOS2. The molecule has 0 atom stereocenters. The molecule has 0 amide bonds. The number of hydrogen-bond donors (Lipinski definition) is 1. The molecule has 1 N–H and O–H groups in total. The maximum absolute atomic E-state index is 9.07. The Kier molecular flexibility index (Phi) is 1.47. The van der Waals surface area contributed by atoms with Gasteiger partial charge in [-0.05, 0) is 15.9 Å². The van der Waals surface area contributed by atoms with Crippen LogP contribution >= 0.6 is 38.6 Å². The van der Waals surface area contributed by atoms with Crippen molar-refractivity contribution < 1.29 is 5.11 Å². The summed E-state index contributed by atoms with van der Waals surface area (Å²) in [7, 11) is 0. The molecule has 0 fully saturated rings. The van der Waals surface area contributed by atoms with Gasteiger partial charge in [0.2, 0.25) is 0 Å². The van der Waals surface area contributed by atoms with Crippen LogP contribution < -0.4 is 0 Å². The minimum atomic E-state index is 0.391. The number of thiophene rings is 2. The molecule has 0 saturated carbocycles. The van der Waals surface area contributed by atoms with E-state index in [0.29, 0.717) is 5.06 Å². The molecule has 2 aromatic rings. The van der Waals surface area contributed by atoms with E-state index in [-0.39, 0.29) is 0 Å². The SMILES string of the molecule is Oc1cc2c(Br)csc2s1. The van der Waals surface area contributed by atoms with Gasteiger partial charge in [-0.15, -0.1) is 11.3 Å². The number of fused-ring (bicyclic) bond motifs is 1. The quantitative estimate of drug-likeness (QED) is 0.741. The molecule has 0 unspecified atom stereocenters. The zero-order valence-corrected chi connectivity index (χ0v) is 8.02. The largest absolute Gasteiger partial charge is 0.499 e. The molecule has 4 heteroatoms. The third-order valence-corrected chi connectivity index (χ3v) is 4.23. The predicted molar refractivity (Wildman–Crippen MR) is 49.1 cm³/mol. The molecule has 0 spiro atoms. The van der Waals surface area contributed by atoms with Crippen molar-refractivity contribution in [1.82, 2.24) is 0 Å². The fourth-order valence-electron chi connectivity index (χ4n) is 0.785. The van der Waals surface area contributed by atoms with Gasteiger partial charge in [0, 0.05) is 21.3 Å². The van der Waals surface area contributed by atoms with E-state index in [1.807, 2.05) is 5.38 Å². The van der Waals surface area contributed by atoms with Gasteiger partial charge in [0.05, 0.1) is 4.01 Å². The highest BCUT2D eigenvalue weighted by Gasteiger charge is 2.04. The van der Waals surface area contributed by atoms with E-state index in [2.05, 4.69) is 15.9 Å². The summed E-state index contributed by atoms with van der Waals surface area (Å²) in [6, 6.07) is 1.78. The first kappa shape index (κ1) is 6.64. The highest BCUT2D eigenvalue weighted by molar-refractivity contribution is 9.10. The van der Waals surface area contributed by atoms with Gasteiger partial charge in [-0.3, -0.25) is 0 Å². The van der Waals surface area contributed by atoms with Crippen molar-refractivity contribution in [1.29, 1.82) is 0 Å². The van der Waals surface area contributed by atoms with E-state index >= 15 is 0 Å². The zero-order valence-electron chi connectivity index (χ0n) is 4.80. The smallest absolute Gasteiger partial charge is 0.173 e. The number of halogens is 1. The van der Waals surface area contributed by atoms with E-state index in [1.54, 1.807) is 17.4 Å². The summed E-state index contributed by atoms with van der Waals surface area (Å²) in [5.41, 5.74) is 0. The Bertz CT molecular complexity index is 363. The molecule has 1 nitrogen and oxygen atoms in total. The van der Waals surface area contributed by atoms with Crippen LogP contribution in [0.2, 0.25) is 0 Å². The molecule has 0 aliphatic carbocycles. The second kappa shape index (κ2) is 2.22. The molecule has 0 aromatic carbocycles. The van der Waals surface area contributed by atoms with Crippen molar-refractivity contribution in [3.05, 3.63) is 15.9 Å². The number of hydrogen-bond acceptors (Lipinski definition) is 3. The fourth-order valence-corrected chi connectivity index (χ4v) is 3.51. The van der Waals surface area contributed by atoms with Crippen LogP contribution in [0.5, 0.6) is 5.06 Å². The maximum Gasteiger partial charge on any atom is 0.173 e. The fraction of sp³-hybridized carbons (Fsp3) is 0. The normalized spacial score (nSPS) is 10.9. The Morgan fingerprint density at radius 1 is 1.50 bits per heavy atom. The van der Waals surface area contributed by atoms with E-state index < -0.39 is 0 Å². The van der Waals surface area contributed by atoms with Crippen molar-refractivity contribution in [2.24, 2.45) is 0 Å². The molecular weight excluding hydrogens is 232 g/mol. The first-order valence-corrected chi connectivity index (χ1v) is 5.12. The molecule has 2 heterocycles. The van der Waals surface area contributed by atoms with E-state index in [4.69, 9.17) is 5.11 Å². The molecule has 2 rings (SSSR count). The summed E-state index contributed by atoms with van der Waals surface area (Å²) in [5, 5.41) is 12.6. The lowest BCUT2D eigenvalue weighted by atomic mass is 10.4. The van der Waals surface area contributed by atoms with Gasteiger partial charge >= 0.3 is 0 Å². The molecule has 0 bridgehead atoms. The van der Waals surface area contributed by atoms with Gasteiger partial charge in [0.15, 0.2) is 5.06 Å². The lowest BCUT2D eigenvalue weighted by molar-refractivity contribution is 0.491. The first-order chi connectivity index (χ1) is 4.77. The average Bonchev–Trinajstić information content (AvgIpc) is 2.35. The third-order valence-electron chi connectivity index (χ3n) is 1.21. The minimum Gasteiger partial charge on any atom is -0.499 e. The summed E-state index contributed by atoms with van der Waals surface area (Å²) in [6.07, 6.45) is 0. The lowest BCUT2D eigenvalue weighted by Crippen LogP contribution is -1.48. The first-order valence-electron chi connectivity index (χ1n) is 2.63. The molecule has 0 aliphatic heterocycles. The molecule has 0 radical (unpaired) electrons. The van der Waals surface area contributed by atoms with Gasteiger partial charge in [-0.2, -0.15) is 0 Å². The van der Waals surface area contributed by atoms with Crippen LogP contribution in [0.4, 0.5) is 0 Å². The predicted octanol–water partition coefficient (Wildman–Crippen LogP) is 3.43. The van der Waals surface area contributed by atoms with E-state index in [9.17, 15) is 0 Å². The van der Waals surface area contributed by atoms with Crippen LogP contribution in [0.15, 0.2) is 15.9 Å². The van der Waals surface area contributed by atoms with Crippen molar-refractivity contribution in [2.75, 3.05) is 0 Å². The number of aromatic hydroxyl groups is 1. The second-order valence-electron chi connectivity index (χ2n) is 1.87. The molecule has 52 valence electrons. The highest BCUT2D eigenvalue weighted by Crippen LogP contribution is 2.39. The Labute approximate surface area is 74.1 Å². The summed E-state index contributed by atoms with van der Waals surface area (Å²) in [4.78, 5) is 0. The minimum absolute atomic E-state index is 0.391. The van der Waals surface area contributed by atoms with Crippen molar-refractivity contribution in [3.8, 4) is 5.06 Å². The van der Waals surface area contributed by atoms with Gasteiger partial charge in [-0.25, -0.2) is 0 Å².